The van der Waals surface area contributed by atoms with Gasteiger partial charge in [0.2, 0.25) is 5.58 Å². The summed E-state index contributed by atoms with van der Waals surface area (Å²) in [5.41, 5.74) is 6.64. The number of phenolic OH excluding ortho intramolecular Hbond substituents is 1. The number of aromatic hydroxyl groups is 1. The van der Waals surface area contributed by atoms with Crippen LogP contribution in [0.25, 0.3) is 11.0 Å². The normalized spacial score (nSPS) is 10.8. The molecule has 0 aliphatic heterocycles. The molecule has 0 aliphatic carbocycles. The van der Waals surface area contributed by atoms with Crippen molar-refractivity contribution in [3.63, 3.8) is 0 Å². The Morgan fingerprint density at radius 3 is 3.08 bits per heavy atom. The highest BCUT2D eigenvalue weighted by molar-refractivity contribution is 5.84. The molecule has 0 saturated carbocycles. The first-order valence-electron chi connectivity index (χ1n) is 4.09. The molecule has 4 heteroatoms. The van der Waals surface area contributed by atoms with Crippen LogP contribution in [0.4, 0.5) is 0 Å². The largest absolute Gasteiger partial charge is 0.504 e. The number of hydrogen-bond acceptors (Lipinski definition) is 4. The lowest BCUT2D eigenvalue weighted by molar-refractivity contribution is 0.417. The minimum absolute atomic E-state index is 0.119. The Balaban J connectivity index is 2.61. The third-order valence-corrected chi connectivity index (χ3v) is 1.93. The van der Waals surface area contributed by atoms with Gasteiger partial charge in [0, 0.05) is 11.8 Å². The van der Waals surface area contributed by atoms with Crippen molar-refractivity contribution in [3.8, 4) is 5.75 Å². The quantitative estimate of drug-likeness (QED) is 0.720. The highest BCUT2D eigenvalue weighted by Crippen LogP contribution is 2.26. The number of para-hydroxylation sites is 1. The van der Waals surface area contributed by atoms with Gasteiger partial charge >= 0.3 is 0 Å². The Morgan fingerprint density at radius 2 is 2.31 bits per heavy atom. The van der Waals surface area contributed by atoms with Gasteiger partial charge < -0.3 is 15.4 Å². The summed E-state index contributed by atoms with van der Waals surface area (Å²) in [6.45, 7) is 0.525. The molecule has 4 nitrogen and oxygen atoms in total. The van der Waals surface area contributed by atoms with Gasteiger partial charge in [0.05, 0.1) is 5.69 Å². The molecule has 0 atom stereocenters. The fourth-order valence-electron chi connectivity index (χ4n) is 1.31. The molecule has 13 heavy (non-hydrogen) atoms. The molecular weight excluding hydrogens is 168 g/mol. The van der Waals surface area contributed by atoms with Crippen LogP contribution in [0.1, 0.15) is 5.69 Å². The third kappa shape index (κ3) is 1.25. The zero-order valence-corrected chi connectivity index (χ0v) is 7.03. The van der Waals surface area contributed by atoms with Crippen LogP contribution < -0.4 is 5.73 Å². The number of fused-ring (bicyclic) bond motifs is 1. The van der Waals surface area contributed by atoms with Crippen molar-refractivity contribution in [3.05, 3.63) is 23.9 Å². The Labute approximate surface area is 74.9 Å². The second kappa shape index (κ2) is 3.06. The third-order valence-electron chi connectivity index (χ3n) is 1.93. The van der Waals surface area contributed by atoms with E-state index in [1.165, 1.54) is 0 Å². The summed E-state index contributed by atoms with van der Waals surface area (Å²) in [7, 11) is 0. The molecule has 0 radical (unpaired) electrons. The van der Waals surface area contributed by atoms with Crippen LogP contribution >= 0.6 is 0 Å². The molecule has 1 aromatic carbocycles. The predicted molar refractivity (Wildman–Crippen MR) is 48.4 cm³/mol. The first kappa shape index (κ1) is 8.07. The smallest absolute Gasteiger partial charge is 0.208 e. The molecule has 0 fully saturated rings. The van der Waals surface area contributed by atoms with Crippen molar-refractivity contribution >= 4 is 11.0 Å². The lowest BCUT2D eigenvalue weighted by atomic mass is 10.1. The first-order chi connectivity index (χ1) is 6.33. The molecule has 0 saturated heterocycles. The SMILES string of the molecule is NCCc1noc2c(O)cccc12. The lowest BCUT2D eigenvalue weighted by Crippen LogP contribution is -2.02. The van der Waals surface area contributed by atoms with Crippen molar-refractivity contribution < 1.29 is 9.63 Å². The number of rotatable bonds is 2. The van der Waals surface area contributed by atoms with Gasteiger partial charge in [-0.25, -0.2) is 0 Å². The molecule has 2 rings (SSSR count). The fourth-order valence-corrected chi connectivity index (χ4v) is 1.31. The van der Waals surface area contributed by atoms with Gasteiger partial charge in [-0.05, 0) is 18.7 Å². The Bertz CT molecular complexity index is 422. The molecular formula is C9H10N2O2. The molecule has 0 unspecified atom stereocenters. The Hall–Kier alpha value is -1.55. The van der Waals surface area contributed by atoms with Gasteiger partial charge in [-0.3, -0.25) is 0 Å². The molecule has 0 spiro atoms. The molecule has 1 heterocycles. The second-order valence-electron chi connectivity index (χ2n) is 2.82. The Morgan fingerprint density at radius 1 is 1.46 bits per heavy atom. The van der Waals surface area contributed by atoms with Crippen molar-refractivity contribution in [2.45, 2.75) is 6.42 Å². The van der Waals surface area contributed by atoms with E-state index in [-0.39, 0.29) is 5.75 Å². The molecule has 2 aromatic rings. The van der Waals surface area contributed by atoms with E-state index in [1.54, 1.807) is 12.1 Å². The maximum Gasteiger partial charge on any atom is 0.208 e. The van der Waals surface area contributed by atoms with E-state index in [2.05, 4.69) is 5.16 Å². The number of benzene rings is 1. The van der Waals surface area contributed by atoms with E-state index >= 15 is 0 Å². The van der Waals surface area contributed by atoms with E-state index in [1.807, 2.05) is 6.07 Å². The van der Waals surface area contributed by atoms with Crippen LogP contribution in [0.5, 0.6) is 5.75 Å². The molecule has 68 valence electrons. The number of hydrogen-bond donors (Lipinski definition) is 2. The molecule has 1 aromatic heterocycles. The zero-order chi connectivity index (χ0) is 9.26. The number of nitrogens with two attached hydrogens (primary N) is 1. The topological polar surface area (TPSA) is 72.3 Å². The molecule has 0 bridgehead atoms. The minimum atomic E-state index is 0.119. The summed E-state index contributed by atoms with van der Waals surface area (Å²) in [6, 6.07) is 5.19. The summed E-state index contributed by atoms with van der Waals surface area (Å²) in [6.07, 6.45) is 0.663. The van der Waals surface area contributed by atoms with Crippen LogP contribution in [0.2, 0.25) is 0 Å². The van der Waals surface area contributed by atoms with Gasteiger partial charge in [0.25, 0.3) is 0 Å². The monoisotopic (exact) mass is 178 g/mol. The minimum Gasteiger partial charge on any atom is -0.504 e. The van der Waals surface area contributed by atoms with Crippen LogP contribution in [0, 0.1) is 0 Å². The molecule has 3 N–H and O–H groups in total. The summed E-state index contributed by atoms with van der Waals surface area (Å²) in [5.74, 6) is 0.119. The Kier molecular flexibility index (Phi) is 1.90. The molecule has 0 aliphatic rings. The van der Waals surface area contributed by atoms with Gasteiger partial charge in [-0.1, -0.05) is 11.2 Å². The maximum absolute atomic E-state index is 9.39. The summed E-state index contributed by atoms with van der Waals surface area (Å²) >= 11 is 0. The van der Waals surface area contributed by atoms with E-state index in [0.29, 0.717) is 18.5 Å². The zero-order valence-electron chi connectivity index (χ0n) is 7.03. The highest BCUT2D eigenvalue weighted by Gasteiger charge is 2.09. The van der Waals surface area contributed by atoms with Crippen molar-refractivity contribution in [1.82, 2.24) is 5.16 Å². The standard InChI is InChI=1S/C9H10N2O2/c10-5-4-7-6-2-1-3-8(12)9(6)13-11-7/h1-3,12H,4-5,10H2. The van der Waals surface area contributed by atoms with Crippen LogP contribution in [0.15, 0.2) is 22.7 Å². The highest BCUT2D eigenvalue weighted by atomic mass is 16.5. The van der Waals surface area contributed by atoms with Crippen LogP contribution in [-0.2, 0) is 6.42 Å². The van der Waals surface area contributed by atoms with Crippen LogP contribution in [-0.4, -0.2) is 16.8 Å². The van der Waals surface area contributed by atoms with Crippen molar-refractivity contribution in [2.75, 3.05) is 6.54 Å². The average molecular weight is 178 g/mol. The lowest BCUT2D eigenvalue weighted by Gasteiger charge is -1.92. The number of nitrogens with zero attached hydrogens (tertiary/aromatic N) is 1. The summed E-state index contributed by atoms with van der Waals surface area (Å²) in [4.78, 5) is 0. The van der Waals surface area contributed by atoms with Gasteiger partial charge in [-0.15, -0.1) is 0 Å². The summed E-state index contributed by atoms with van der Waals surface area (Å²) in [5, 5.41) is 14.1. The van der Waals surface area contributed by atoms with Crippen LogP contribution in [0.3, 0.4) is 0 Å². The van der Waals surface area contributed by atoms with E-state index in [0.717, 1.165) is 11.1 Å². The van der Waals surface area contributed by atoms with Gasteiger partial charge in [0.1, 0.15) is 0 Å². The number of aromatic nitrogens is 1. The number of phenols is 1. The molecule has 0 amide bonds. The van der Waals surface area contributed by atoms with Gasteiger partial charge in [0.15, 0.2) is 5.75 Å². The van der Waals surface area contributed by atoms with Gasteiger partial charge in [-0.2, -0.15) is 0 Å². The first-order valence-corrected chi connectivity index (χ1v) is 4.09. The van der Waals surface area contributed by atoms with Crippen molar-refractivity contribution in [1.29, 1.82) is 0 Å². The van der Waals surface area contributed by atoms with E-state index < -0.39 is 0 Å². The summed E-state index contributed by atoms with van der Waals surface area (Å²) < 4.78 is 4.98. The van der Waals surface area contributed by atoms with E-state index in [4.69, 9.17) is 10.3 Å². The van der Waals surface area contributed by atoms with Crippen molar-refractivity contribution in [2.24, 2.45) is 5.73 Å². The maximum atomic E-state index is 9.39. The second-order valence-corrected chi connectivity index (χ2v) is 2.82. The fraction of sp³-hybridized carbons (Fsp3) is 0.222. The predicted octanol–water partition coefficient (Wildman–Crippen LogP) is 1.03. The average Bonchev–Trinajstić information content (AvgIpc) is 2.51. The van der Waals surface area contributed by atoms with E-state index in [9.17, 15) is 5.11 Å².